The first kappa shape index (κ1) is 33.7. The van der Waals surface area contributed by atoms with Crippen LogP contribution in [0.2, 0.25) is 0 Å². The van der Waals surface area contributed by atoms with Crippen LogP contribution in [-0.2, 0) is 14.3 Å². The Morgan fingerprint density at radius 2 is 1.43 bits per heavy atom. The quantitative estimate of drug-likeness (QED) is 0.149. The van der Waals surface area contributed by atoms with Crippen molar-refractivity contribution in [1.82, 2.24) is 5.32 Å². The molecule has 0 aromatic heterocycles. The Labute approximate surface area is 259 Å². The second-order valence-electron chi connectivity index (χ2n) is 11.2. The fraction of sp³-hybridized carbons (Fsp3) is 0.371. The maximum Gasteiger partial charge on any atom is 0.328 e. The van der Waals surface area contributed by atoms with E-state index in [1.54, 1.807) is 24.3 Å². The molecule has 3 aromatic rings. The fourth-order valence-electron chi connectivity index (χ4n) is 5.45. The number of para-hydroxylation sites is 2. The van der Waals surface area contributed by atoms with E-state index in [1.165, 1.54) is 7.11 Å². The molecule has 1 atom stereocenters. The van der Waals surface area contributed by atoms with Gasteiger partial charge in [-0.15, -0.1) is 0 Å². The van der Waals surface area contributed by atoms with Gasteiger partial charge in [0.05, 0.1) is 24.0 Å². The number of hydrogen-bond donors (Lipinski definition) is 3. The highest BCUT2D eigenvalue weighted by Gasteiger charge is 2.32. The van der Waals surface area contributed by atoms with E-state index in [-0.39, 0.29) is 5.92 Å². The summed E-state index contributed by atoms with van der Waals surface area (Å²) in [5.74, 6) is -0.813. The number of nitrogens with one attached hydrogen (secondary N) is 3. The molecule has 9 heteroatoms. The lowest BCUT2D eigenvalue weighted by Crippen LogP contribution is -2.47. The molecule has 3 aromatic carbocycles. The lowest BCUT2D eigenvalue weighted by molar-refractivity contribution is -0.144. The van der Waals surface area contributed by atoms with E-state index in [9.17, 15) is 19.2 Å². The highest BCUT2D eigenvalue weighted by molar-refractivity contribution is 6.07. The van der Waals surface area contributed by atoms with Crippen molar-refractivity contribution in [2.45, 2.75) is 72.8 Å². The van der Waals surface area contributed by atoms with Gasteiger partial charge in [-0.05, 0) is 93.3 Å². The number of rotatable bonds is 7. The highest BCUT2D eigenvalue weighted by Crippen LogP contribution is 2.28. The lowest BCUT2D eigenvalue weighted by atomic mass is 9.83. The number of ether oxygens (including phenoxy) is 1. The third-order valence-corrected chi connectivity index (χ3v) is 7.85. The molecule has 0 spiro atoms. The molecule has 1 fully saturated rings. The predicted octanol–water partition coefficient (Wildman–Crippen LogP) is 7.38. The number of aliphatic imine (C=N–C) groups is 1. The second-order valence-corrected chi connectivity index (χ2v) is 11.2. The Hall–Kier alpha value is -4.75. The van der Waals surface area contributed by atoms with Crippen LogP contribution in [0.4, 0.5) is 21.9 Å². The summed E-state index contributed by atoms with van der Waals surface area (Å²) in [4.78, 5) is 52.0. The summed E-state index contributed by atoms with van der Waals surface area (Å²) in [5.41, 5.74) is 6.94. The van der Waals surface area contributed by atoms with Gasteiger partial charge in [-0.2, -0.15) is 4.99 Å². The minimum atomic E-state index is -0.708. The van der Waals surface area contributed by atoms with E-state index in [1.807, 2.05) is 71.0 Å². The Bertz CT molecular complexity index is 1500. The summed E-state index contributed by atoms with van der Waals surface area (Å²) in [5, 5.41) is 8.55. The van der Waals surface area contributed by atoms with Crippen LogP contribution in [0.25, 0.3) is 0 Å². The molecule has 1 aliphatic carbocycles. The van der Waals surface area contributed by atoms with E-state index in [4.69, 9.17) is 4.74 Å². The standard InChI is InChI=1S/C26H33N3O4.C9H9NO/c1-16-13-14-20(24(30)28-23(25(31)33-4)19-11-6-5-7-12-19)21(15-16)27-26(32)29-22-17(2)9-8-10-18(22)3;1-7-4-3-5-8(2)9(7)10-6-11/h8-10,13-15,19,23H,5-7,11-12H2,1-4H3,(H,28,30)(H2,27,29,32);3-5H,1-2H3/t23-;/m0./s1. The van der Waals surface area contributed by atoms with Crippen LogP contribution >= 0.6 is 0 Å². The average molecular weight is 599 g/mol. The Morgan fingerprint density at radius 3 is 2.00 bits per heavy atom. The number of methoxy groups -OCH3 is 1. The number of benzene rings is 3. The Kier molecular flexibility index (Phi) is 12.4. The average Bonchev–Trinajstić information content (AvgIpc) is 3.00. The zero-order valence-electron chi connectivity index (χ0n) is 26.4. The third-order valence-electron chi connectivity index (χ3n) is 7.85. The van der Waals surface area contributed by atoms with Gasteiger partial charge < -0.3 is 20.7 Å². The molecule has 0 saturated heterocycles. The molecule has 3 amide bonds. The van der Waals surface area contributed by atoms with Gasteiger partial charge in [-0.1, -0.05) is 61.7 Å². The van der Waals surface area contributed by atoms with Crippen molar-refractivity contribution < 1.29 is 23.9 Å². The summed E-state index contributed by atoms with van der Waals surface area (Å²) in [6, 6.07) is 15.6. The van der Waals surface area contributed by atoms with Gasteiger partial charge >= 0.3 is 12.0 Å². The van der Waals surface area contributed by atoms with Gasteiger partial charge in [0.2, 0.25) is 6.08 Å². The van der Waals surface area contributed by atoms with Crippen LogP contribution < -0.4 is 16.0 Å². The maximum absolute atomic E-state index is 13.2. The number of carbonyl (C=O) groups is 3. The van der Waals surface area contributed by atoms with Crippen molar-refractivity contribution in [3.05, 3.63) is 88.0 Å². The first-order chi connectivity index (χ1) is 21.0. The first-order valence-electron chi connectivity index (χ1n) is 14.8. The predicted molar refractivity (Wildman–Crippen MR) is 173 cm³/mol. The first-order valence-corrected chi connectivity index (χ1v) is 14.8. The maximum atomic E-state index is 13.2. The fourth-order valence-corrected chi connectivity index (χ4v) is 5.45. The van der Waals surface area contributed by atoms with Crippen LogP contribution in [0.3, 0.4) is 0 Å². The van der Waals surface area contributed by atoms with E-state index < -0.39 is 23.9 Å². The number of anilines is 2. The molecular weight excluding hydrogens is 556 g/mol. The number of urea groups is 1. The van der Waals surface area contributed by atoms with Crippen LogP contribution in [0.15, 0.2) is 59.6 Å². The van der Waals surface area contributed by atoms with Crippen molar-refractivity contribution >= 4 is 41.0 Å². The molecule has 1 saturated carbocycles. The van der Waals surface area contributed by atoms with Gasteiger partial charge in [0.1, 0.15) is 6.04 Å². The number of aryl methyl sites for hydroxylation is 5. The monoisotopic (exact) mass is 598 g/mol. The van der Waals surface area contributed by atoms with Crippen molar-refractivity contribution in [2.75, 3.05) is 17.7 Å². The highest BCUT2D eigenvalue weighted by atomic mass is 16.5. The van der Waals surface area contributed by atoms with Gasteiger partial charge in [-0.25, -0.2) is 14.4 Å². The van der Waals surface area contributed by atoms with Crippen molar-refractivity contribution in [2.24, 2.45) is 10.9 Å². The molecule has 0 radical (unpaired) electrons. The van der Waals surface area contributed by atoms with Crippen LogP contribution in [-0.4, -0.2) is 37.1 Å². The SMILES string of the molecule is COC(=O)[C@@H](NC(=O)c1ccc(C)cc1NC(=O)Nc1c(C)cccc1C)C1CCCCC1.Cc1cccc(C)c1N=C=O. The van der Waals surface area contributed by atoms with E-state index in [0.29, 0.717) is 11.3 Å². The molecule has 1 aliphatic rings. The summed E-state index contributed by atoms with van der Waals surface area (Å²) in [6.45, 7) is 9.57. The van der Waals surface area contributed by atoms with Gasteiger partial charge in [0.15, 0.2) is 0 Å². The van der Waals surface area contributed by atoms with Crippen molar-refractivity contribution in [3.63, 3.8) is 0 Å². The zero-order chi connectivity index (χ0) is 32.2. The van der Waals surface area contributed by atoms with Gasteiger partial charge in [0.25, 0.3) is 5.91 Å². The van der Waals surface area contributed by atoms with Crippen LogP contribution in [0.1, 0.15) is 70.3 Å². The largest absolute Gasteiger partial charge is 0.467 e. The van der Waals surface area contributed by atoms with E-state index in [0.717, 1.165) is 71.3 Å². The van der Waals surface area contributed by atoms with E-state index in [2.05, 4.69) is 20.9 Å². The molecule has 9 nitrogen and oxygen atoms in total. The van der Waals surface area contributed by atoms with Crippen molar-refractivity contribution in [1.29, 1.82) is 0 Å². The molecule has 232 valence electrons. The summed E-state index contributed by atoms with van der Waals surface area (Å²) in [7, 11) is 1.33. The zero-order valence-corrected chi connectivity index (χ0v) is 26.4. The smallest absolute Gasteiger partial charge is 0.328 e. The van der Waals surface area contributed by atoms with Gasteiger partial charge in [0, 0.05) is 5.69 Å². The minimum absolute atomic E-state index is 0.0457. The minimum Gasteiger partial charge on any atom is -0.467 e. The third kappa shape index (κ3) is 9.12. The number of carbonyl (C=O) groups excluding carboxylic acids is 4. The molecule has 44 heavy (non-hydrogen) atoms. The number of nitrogens with zero attached hydrogens (tertiary/aromatic N) is 1. The van der Waals surface area contributed by atoms with Crippen LogP contribution in [0, 0.1) is 40.5 Å². The summed E-state index contributed by atoms with van der Waals surface area (Å²) in [6.07, 6.45) is 6.49. The second kappa shape index (κ2) is 16.2. The Balaban J connectivity index is 0.000000404. The lowest BCUT2D eigenvalue weighted by Gasteiger charge is -2.29. The van der Waals surface area contributed by atoms with Gasteiger partial charge in [-0.3, -0.25) is 4.79 Å². The number of isocyanates is 1. The molecule has 0 bridgehead atoms. The molecule has 3 N–H and O–H groups in total. The van der Waals surface area contributed by atoms with Crippen molar-refractivity contribution in [3.8, 4) is 0 Å². The number of esters is 1. The molecule has 0 aliphatic heterocycles. The molecule has 0 unspecified atom stereocenters. The topological polar surface area (TPSA) is 126 Å². The molecular formula is C35H42N4O5. The number of amides is 3. The summed E-state index contributed by atoms with van der Waals surface area (Å²) < 4.78 is 4.97. The summed E-state index contributed by atoms with van der Waals surface area (Å²) >= 11 is 0. The normalized spacial score (nSPS) is 13.3. The van der Waals surface area contributed by atoms with E-state index >= 15 is 0 Å². The molecule has 0 heterocycles. The number of hydrogen-bond acceptors (Lipinski definition) is 6. The molecule has 4 rings (SSSR count). The Morgan fingerprint density at radius 1 is 0.841 bits per heavy atom. The van der Waals surface area contributed by atoms with Crippen LogP contribution in [0.5, 0.6) is 0 Å².